The summed E-state index contributed by atoms with van der Waals surface area (Å²) in [6.45, 7) is 2.73. The second-order valence-electron chi connectivity index (χ2n) is 5.42. The molecule has 0 bridgehead atoms. The molecule has 0 spiro atoms. The number of ether oxygens (including phenoxy) is 2. The third-order valence-corrected chi connectivity index (χ3v) is 5.17. The Morgan fingerprint density at radius 1 is 1.35 bits per heavy atom. The van der Waals surface area contributed by atoms with E-state index in [1.807, 2.05) is 31.2 Å². The highest BCUT2D eigenvalue weighted by atomic mass is 32.2. The molecule has 2 heterocycles. The van der Waals surface area contributed by atoms with Crippen LogP contribution in [0.1, 0.15) is 24.9 Å². The Kier molecular flexibility index (Phi) is 4.61. The van der Waals surface area contributed by atoms with Gasteiger partial charge in [0, 0.05) is 17.9 Å². The van der Waals surface area contributed by atoms with Crippen molar-refractivity contribution in [1.29, 1.82) is 0 Å². The van der Waals surface area contributed by atoms with Crippen LogP contribution in [0.25, 0.3) is 0 Å². The third-order valence-electron chi connectivity index (χ3n) is 4.10. The Balaban J connectivity index is 2.16. The van der Waals surface area contributed by atoms with Gasteiger partial charge in [0.15, 0.2) is 5.17 Å². The summed E-state index contributed by atoms with van der Waals surface area (Å²) in [6, 6.07) is 7.59. The number of thioether (sulfide) groups is 1. The molecule has 2 aliphatic rings. The van der Waals surface area contributed by atoms with Gasteiger partial charge in [0.25, 0.3) is 0 Å². The SMILES string of the molecule is COC(=O)C1=C(C)N=C2SCCCN2C1c1ccccc1OC. The van der Waals surface area contributed by atoms with E-state index in [1.165, 1.54) is 7.11 Å². The van der Waals surface area contributed by atoms with E-state index in [2.05, 4.69) is 9.89 Å². The van der Waals surface area contributed by atoms with E-state index < -0.39 is 0 Å². The molecule has 0 amide bonds. The molecule has 1 aromatic carbocycles. The van der Waals surface area contributed by atoms with Crippen molar-refractivity contribution < 1.29 is 14.3 Å². The van der Waals surface area contributed by atoms with Gasteiger partial charge in [-0.25, -0.2) is 9.79 Å². The van der Waals surface area contributed by atoms with E-state index in [1.54, 1.807) is 18.9 Å². The number of aliphatic imine (C=N–C) groups is 1. The summed E-state index contributed by atoms with van der Waals surface area (Å²) < 4.78 is 10.6. The second-order valence-corrected chi connectivity index (χ2v) is 6.49. The summed E-state index contributed by atoms with van der Waals surface area (Å²) >= 11 is 1.73. The summed E-state index contributed by atoms with van der Waals surface area (Å²) in [7, 11) is 3.06. The summed E-state index contributed by atoms with van der Waals surface area (Å²) in [4.78, 5) is 19.2. The van der Waals surface area contributed by atoms with Gasteiger partial charge in [-0.3, -0.25) is 0 Å². The first-order valence-electron chi connectivity index (χ1n) is 7.57. The molecular formula is C17H20N2O3S. The fourth-order valence-electron chi connectivity index (χ4n) is 3.06. The van der Waals surface area contributed by atoms with Crippen LogP contribution in [-0.2, 0) is 9.53 Å². The van der Waals surface area contributed by atoms with Crippen molar-refractivity contribution in [2.45, 2.75) is 19.4 Å². The fraction of sp³-hybridized carbons (Fsp3) is 0.412. The van der Waals surface area contributed by atoms with Crippen molar-refractivity contribution in [3.63, 3.8) is 0 Å². The van der Waals surface area contributed by atoms with Gasteiger partial charge in [-0.2, -0.15) is 0 Å². The number of esters is 1. The van der Waals surface area contributed by atoms with Gasteiger partial charge in [0.1, 0.15) is 5.75 Å². The molecule has 5 nitrogen and oxygen atoms in total. The number of allylic oxidation sites excluding steroid dienone is 1. The van der Waals surface area contributed by atoms with E-state index in [0.717, 1.165) is 35.2 Å². The molecule has 6 heteroatoms. The van der Waals surface area contributed by atoms with Gasteiger partial charge in [-0.1, -0.05) is 30.0 Å². The lowest BCUT2D eigenvalue weighted by atomic mass is 9.93. The molecule has 1 unspecified atom stereocenters. The number of para-hydroxylation sites is 1. The van der Waals surface area contributed by atoms with Crippen LogP contribution in [-0.4, -0.2) is 42.6 Å². The molecule has 2 aliphatic heterocycles. The molecule has 0 N–H and O–H groups in total. The van der Waals surface area contributed by atoms with Crippen LogP contribution < -0.4 is 4.74 Å². The monoisotopic (exact) mass is 332 g/mol. The second kappa shape index (κ2) is 6.66. The maximum absolute atomic E-state index is 12.4. The lowest BCUT2D eigenvalue weighted by molar-refractivity contribution is -0.136. The van der Waals surface area contributed by atoms with E-state index in [-0.39, 0.29) is 12.0 Å². The highest BCUT2D eigenvalue weighted by Gasteiger charge is 2.38. The van der Waals surface area contributed by atoms with Crippen molar-refractivity contribution in [3.8, 4) is 5.75 Å². The molecule has 1 fully saturated rings. The van der Waals surface area contributed by atoms with Crippen molar-refractivity contribution in [1.82, 2.24) is 4.90 Å². The molecule has 23 heavy (non-hydrogen) atoms. The smallest absolute Gasteiger partial charge is 0.338 e. The van der Waals surface area contributed by atoms with Crippen molar-refractivity contribution in [3.05, 3.63) is 41.1 Å². The number of hydrogen-bond donors (Lipinski definition) is 0. The first-order chi connectivity index (χ1) is 11.2. The molecule has 0 aliphatic carbocycles. The maximum Gasteiger partial charge on any atom is 0.338 e. The zero-order valence-corrected chi connectivity index (χ0v) is 14.4. The molecule has 122 valence electrons. The summed E-state index contributed by atoms with van der Waals surface area (Å²) in [5.41, 5.74) is 2.27. The van der Waals surface area contributed by atoms with E-state index in [9.17, 15) is 4.79 Å². The topological polar surface area (TPSA) is 51.1 Å². The number of hydrogen-bond acceptors (Lipinski definition) is 6. The van der Waals surface area contributed by atoms with Gasteiger partial charge in [-0.05, 0) is 19.4 Å². The normalized spacial score (nSPS) is 20.7. The predicted octanol–water partition coefficient (Wildman–Crippen LogP) is 2.99. The molecule has 1 aromatic rings. The lowest BCUT2D eigenvalue weighted by Gasteiger charge is -2.40. The Morgan fingerprint density at radius 2 is 2.13 bits per heavy atom. The van der Waals surface area contributed by atoms with E-state index in [0.29, 0.717) is 11.3 Å². The van der Waals surface area contributed by atoms with Crippen LogP contribution in [0, 0.1) is 0 Å². The average molecular weight is 332 g/mol. The number of fused-ring (bicyclic) bond motifs is 1. The van der Waals surface area contributed by atoms with Gasteiger partial charge >= 0.3 is 5.97 Å². The molecular weight excluding hydrogens is 312 g/mol. The first-order valence-corrected chi connectivity index (χ1v) is 8.56. The number of carbonyl (C=O) groups excluding carboxylic acids is 1. The van der Waals surface area contributed by atoms with Crippen LogP contribution in [0.5, 0.6) is 5.75 Å². The Bertz CT molecular complexity index is 684. The van der Waals surface area contributed by atoms with Gasteiger partial charge in [0.2, 0.25) is 0 Å². The number of methoxy groups -OCH3 is 2. The molecule has 1 saturated heterocycles. The number of rotatable bonds is 3. The predicted molar refractivity (Wildman–Crippen MR) is 91.7 cm³/mol. The van der Waals surface area contributed by atoms with Crippen LogP contribution in [0.15, 0.2) is 40.5 Å². The van der Waals surface area contributed by atoms with Crippen LogP contribution >= 0.6 is 11.8 Å². The number of nitrogens with zero attached hydrogens (tertiary/aromatic N) is 2. The fourth-order valence-corrected chi connectivity index (χ4v) is 4.08. The number of carbonyl (C=O) groups is 1. The van der Waals surface area contributed by atoms with Crippen LogP contribution in [0.2, 0.25) is 0 Å². The van der Waals surface area contributed by atoms with Gasteiger partial charge in [-0.15, -0.1) is 0 Å². The summed E-state index contributed by atoms with van der Waals surface area (Å²) in [5, 5.41) is 0.970. The Morgan fingerprint density at radius 3 is 2.87 bits per heavy atom. The standard InChI is InChI=1S/C17H20N2O3S/c1-11-14(16(20)22-3)15(12-7-4-5-8-13(12)21-2)19-9-6-10-23-17(19)18-11/h4-5,7-8,15H,6,9-10H2,1-3H3. The quantitative estimate of drug-likeness (QED) is 0.797. The minimum Gasteiger partial charge on any atom is -0.496 e. The minimum absolute atomic E-state index is 0.223. The molecule has 0 aromatic heterocycles. The van der Waals surface area contributed by atoms with Crippen molar-refractivity contribution >= 4 is 22.9 Å². The van der Waals surface area contributed by atoms with Crippen molar-refractivity contribution in [2.75, 3.05) is 26.5 Å². The van der Waals surface area contributed by atoms with Crippen LogP contribution in [0.3, 0.4) is 0 Å². The summed E-state index contributed by atoms with van der Waals surface area (Å²) in [6.07, 6.45) is 1.06. The van der Waals surface area contributed by atoms with E-state index >= 15 is 0 Å². The third kappa shape index (κ3) is 2.83. The van der Waals surface area contributed by atoms with Crippen LogP contribution in [0.4, 0.5) is 0 Å². The van der Waals surface area contributed by atoms with Crippen molar-refractivity contribution in [2.24, 2.45) is 4.99 Å². The maximum atomic E-state index is 12.4. The Hall–Kier alpha value is -1.95. The number of amidine groups is 1. The highest BCUT2D eigenvalue weighted by Crippen LogP contribution is 2.42. The van der Waals surface area contributed by atoms with Gasteiger partial charge in [0.05, 0.1) is 31.5 Å². The average Bonchev–Trinajstić information content (AvgIpc) is 2.59. The number of benzene rings is 1. The molecule has 0 radical (unpaired) electrons. The zero-order valence-electron chi connectivity index (χ0n) is 13.5. The van der Waals surface area contributed by atoms with Gasteiger partial charge < -0.3 is 14.4 Å². The molecule has 0 saturated carbocycles. The highest BCUT2D eigenvalue weighted by molar-refractivity contribution is 8.13. The first kappa shape index (κ1) is 15.9. The lowest BCUT2D eigenvalue weighted by Crippen LogP contribution is -2.42. The Labute approximate surface area is 140 Å². The minimum atomic E-state index is -0.336. The molecule has 3 rings (SSSR count). The zero-order chi connectivity index (χ0) is 16.4. The molecule has 1 atom stereocenters. The van der Waals surface area contributed by atoms with E-state index in [4.69, 9.17) is 9.47 Å². The largest absolute Gasteiger partial charge is 0.496 e. The summed E-state index contributed by atoms with van der Waals surface area (Å²) in [5.74, 6) is 1.48.